The number of hydrogen-bond acceptors (Lipinski definition) is 3. The highest BCUT2D eigenvalue weighted by Gasteiger charge is 2.07. The lowest BCUT2D eigenvalue weighted by Crippen LogP contribution is -2.17. The number of pyridine rings is 1. The Labute approximate surface area is 152 Å². The highest BCUT2D eigenvalue weighted by molar-refractivity contribution is 5.32. The average Bonchev–Trinajstić information content (AvgIpc) is 3.36. The summed E-state index contributed by atoms with van der Waals surface area (Å²) in [6.07, 6.45) is 7.61. The van der Waals surface area contributed by atoms with Crippen molar-refractivity contribution in [2.45, 2.75) is 19.6 Å². The van der Waals surface area contributed by atoms with E-state index in [4.69, 9.17) is 0 Å². The molecule has 0 bridgehead atoms. The SMILES string of the molecule is c1ccc(Cn2cccc2CNCc2cccnc2-n2cccn2)cc1. The molecule has 0 aliphatic heterocycles. The van der Waals surface area contributed by atoms with Crippen LogP contribution in [0.25, 0.3) is 5.82 Å². The summed E-state index contributed by atoms with van der Waals surface area (Å²) in [5.74, 6) is 0.865. The second kappa shape index (κ2) is 7.80. The van der Waals surface area contributed by atoms with Gasteiger partial charge in [-0.15, -0.1) is 0 Å². The molecular formula is C21H21N5. The van der Waals surface area contributed by atoms with Gasteiger partial charge in [-0.2, -0.15) is 5.10 Å². The molecule has 4 aromatic rings. The Morgan fingerprint density at radius 2 is 1.73 bits per heavy atom. The molecule has 0 aliphatic rings. The molecule has 0 radical (unpaired) electrons. The molecule has 0 saturated heterocycles. The molecule has 0 aliphatic carbocycles. The lowest BCUT2D eigenvalue weighted by Gasteiger charge is -2.12. The molecule has 0 spiro atoms. The van der Waals surface area contributed by atoms with Gasteiger partial charge in [-0.1, -0.05) is 36.4 Å². The van der Waals surface area contributed by atoms with Gasteiger partial charge >= 0.3 is 0 Å². The average molecular weight is 343 g/mol. The first kappa shape index (κ1) is 16.3. The first-order valence-corrected chi connectivity index (χ1v) is 8.73. The Morgan fingerprint density at radius 1 is 0.808 bits per heavy atom. The third kappa shape index (κ3) is 3.73. The third-order valence-corrected chi connectivity index (χ3v) is 4.33. The van der Waals surface area contributed by atoms with Crippen LogP contribution in [-0.4, -0.2) is 19.3 Å². The Balaban J connectivity index is 1.41. The summed E-state index contributed by atoms with van der Waals surface area (Å²) in [4.78, 5) is 4.47. The Hall–Kier alpha value is -3.18. The molecule has 0 fully saturated rings. The third-order valence-electron chi connectivity index (χ3n) is 4.33. The van der Waals surface area contributed by atoms with E-state index < -0.39 is 0 Å². The Morgan fingerprint density at radius 3 is 2.58 bits per heavy atom. The van der Waals surface area contributed by atoms with Crippen LogP contribution in [0, 0.1) is 0 Å². The van der Waals surface area contributed by atoms with Gasteiger partial charge < -0.3 is 9.88 Å². The van der Waals surface area contributed by atoms with E-state index >= 15 is 0 Å². The summed E-state index contributed by atoms with van der Waals surface area (Å²) in [5, 5.41) is 7.82. The minimum Gasteiger partial charge on any atom is -0.346 e. The first-order valence-electron chi connectivity index (χ1n) is 8.73. The molecule has 4 rings (SSSR count). The number of rotatable bonds is 7. The van der Waals surface area contributed by atoms with E-state index in [0.29, 0.717) is 0 Å². The first-order chi connectivity index (χ1) is 12.9. The second-order valence-electron chi connectivity index (χ2n) is 6.15. The smallest absolute Gasteiger partial charge is 0.157 e. The number of nitrogens with one attached hydrogen (secondary N) is 1. The number of aromatic nitrogens is 4. The zero-order chi connectivity index (χ0) is 17.6. The highest BCUT2D eigenvalue weighted by atomic mass is 15.3. The van der Waals surface area contributed by atoms with E-state index in [9.17, 15) is 0 Å². The summed E-state index contributed by atoms with van der Waals surface area (Å²) in [6, 6.07) is 20.7. The van der Waals surface area contributed by atoms with Gasteiger partial charge in [-0.05, 0) is 29.8 Å². The standard InChI is InChI=1S/C21H21N5/c1-2-7-18(8-3-1)17-25-13-5-10-20(25)16-22-15-19-9-4-11-23-21(19)26-14-6-12-24-26/h1-14,22H,15-17H2. The number of nitrogens with zero attached hydrogens (tertiary/aromatic N) is 4. The largest absolute Gasteiger partial charge is 0.346 e. The van der Waals surface area contributed by atoms with Crippen LogP contribution >= 0.6 is 0 Å². The van der Waals surface area contributed by atoms with Gasteiger partial charge in [0.15, 0.2) is 5.82 Å². The fourth-order valence-corrected chi connectivity index (χ4v) is 3.04. The number of hydrogen-bond donors (Lipinski definition) is 1. The van der Waals surface area contributed by atoms with Crippen LogP contribution in [0.5, 0.6) is 0 Å². The van der Waals surface area contributed by atoms with Gasteiger partial charge in [0.05, 0.1) is 0 Å². The van der Waals surface area contributed by atoms with Crippen LogP contribution in [-0.2, 0) is 19.6 Å². The molecule has 3 aromatic heterocycles. The van der Waals surface area contributed by atoms with Crippen molar-refractivity contribution in [1.82, 2.24) is 24.6 Å². The van der Waals surface area contributed by atoms with Crippen LogP contribution in [0.15, 0.2) is 85.5 Å². The van der Waals surface area contributed by atoms with Gasteiger partial charge in [0.2, 0.25) is 0 Å². The van der Waals surface area contributed by atoms with Crippen molar-refractivity contribution < 1.29 is 0 Å². The maximum atomic E-state index is 4.47. The van der Waals surface area contributed by atoms with Crippen LogP contribution < -0.4 is 5.32 Å². The van der Waals surface area contributed by atoms with Crippen molar-refractivity contribution in [1.29, 1.82) is 0 Å². The molecule has 26 heavy (non-hydrogen) atoms. The normalized spacial score (nSPS) is 10.9. The fourth-order valence-electron chi connectivity index (χ4n) is 3.04. The van der Waals surface area contributed by atoms with Crippen LogP contribution in [0.1, 0.15) is 16.8 Å². The van der Waals surface area contributed by atoms with Crippen molar-refractivity contribution >= 4 is 0 Å². The molecule has 1 aromatic carbocycles. The predicted octanol–water partition coefficient (Wildman–Crippen LogP) is 3.41. The molecule has 3 heterocycles. The molecule has 0 atom stereocenters. The van der Waals surface area contributed by atoms with Crippen molar-refractivity contribution in [2.24, 2.45) is 0 Å². The Kier molecular flexibility index (Phi) is 4.89. The molecule has 1 N–H and O–H groups in total. The predicted molar refractivity (Wildman–Crippen MR) is 102 cm³/mol. The van der Waals surface area contributed by atoms with Gasteiger partial charge in [0.25, 0.3) is 0 Å². The van der Waals surface area contributed by atoms with Gasteiger partial charge in [0.1, 0.15) is 0 Å². The monoisotopic (exact) mass is 343 g/mol. The van der Waals surface area contributed by atoms with Crippen molar-refractivity contribution in [3.05, 3.63) is 102 Å². The minimum atomic E-state index is 0.736. The van der Waals surface area contributed by atoms with E-state index in [-0.39, 0.29) is 0 Å². The molecule has 0 unspecified atom stereocenters. The molecule has 0 amide bonds. The van der Waals surface area contributed by atoms with E-state index in [1.807, 2.05) is 24.4 Å². The van der Waals surface area contributed by atoms with E-state index in [0.717, 1.165) is 31.0 Å². The van der Waals surface area contributed by atoms with Gasteiger partial charge in [0, 0.05) is 55.7 Å². The van der Waals surface area contributed by atoms with Crippen LogP contribution in [0.2, 0.25) is 0 Å². The lowest BCUT2D eigenvalue weighted by atomic mass is 10.2. The van der Waals surface area contributed by atoms with E-state index in [2.05, 4.69) is 68.6 Å². The molecular weight excluding hydrogens is 322 g/mol. The van der Waals surface area contributed by atoms with E-state index in [1.54, 1.807) is 17.1 Å². The summed E-state index contributed by atoms with van der Waals surface area (Å²) in [6.45, 7) is 2.42. The number of benzene rings is 1. The summed E-state index contributed by atoms with van der Waals surface area (Å²) < 4.78 is 4.08. The zero-order valence-corrected chi connectivity index (χ0v) is 14.5. The summed E-state index contributed by atoms with van der Waals surface area (Å²) in [7, 11) is 0. The second-order valence-corrected chi connectivity index (χ2v) is 6.15. The summed E-state index contributed by atoms with van der Waals surface area (Å²) >= 11 is 0. The summed E-state index contributed by atoms with van der Waals surface area (Å²) in [5.41, 5.74) is 3.69. The van der Waals surface area contributed by atoms with Crippen molar-refractivity contribution in [3.8, 4) is 5.82 Å². The Bertz CT molecular complexity index is 941. The van der Waals surface area contributed by atoms with Crippen molar-refractivity contribution in [2.75, 3.05) is 0 Å². The van der Waals surface area contributed by atoms with Crippen LogP contribution in [0.4, 0.5) is 0 Å². The quantitative estimate of drug-likeness (QED) is 0.559. The molecule has 0 saturated carbocycles. The minimum absolute atomic E-state index is 0.736. The van der Waals surface area contributed by atoms with E-state index in [1.165, 1.54) is 11.3 Å². The maximum Gasteiger partial charge on any atom is 0.157 e. The van der Waals surface area contributed by atoms with Gasteiger partial charge in [-0.3, -0.25) is 0 Å². The molecule has 5 heteroatoms. The zero-order valence-electron chi connectivity index (χ0n) is 14.5. The van der Waals surface area contributed by atoms with Crippen molar-refractivity contribution in [3.63, 3.8) is 0 Å². The fraction of sp³-hybridized carbons (Fsp3) is 0.143. The molecule has 5 nitrogen and oxygen atoms in total. The topological polar surface area (TPSA) is 47.7 Å². The van der Waals surface area contributed by atoms with Gasteiger partial charge in [-0.25, -0.2) is 9.67 Å². The van der Waals surface area contributed by atoms with Crippen LogP contribution in [0.3, 0.4) is 0 Å². The molecule has 130 valence electrons. The maximum absolute atomic E-state index is 4.47. The highest BCUT2D eigenvalue weighted by Crippen LogP contribution is 2.11. The lowest BCUT2D eigenvalue weighted by molar-refractivity contribution is 0.633.